The van der Waals surface area contributed by atoms with Crippen LogP contribution in [0.3, 0.4) is 0 Å². The second-order valence-electron chi connectivity index (χ2n) is 6.25. The van der Waals surface area contributed by atoms with Gasteiger partial charge in [0.25, 0.3) is 0 Å². The van der Waals surface area contributed by atoms with Crippen LogP contribution in [-0.4, -0.2) is 24.3 Å². The molecule has 1 atom stereocenters. The molecule has 3 nitrogen and oxygen atoms in total. The summed E-state index contributed by atoms with van der Waals surface area (Å²) in [5.74, 6) is 1.03. The van der Waals surface area contributed by atoms with E-state index >= 15 is 0 Å². The van der Waals surface area contributed by atoms with Gasteiger partial charge < -0.3 is 10.1 Å². The normalized spacial score (nSPS) is 11.9. The zero-order chi connectivity index (χ0) is 19.1. The number of thioether (sulfide) groups is 1. The summed E-state index contributed by atoms with van der Waals surface area (Å²) in [6.07, 6.45) is 0. The number of hydrogen-bond acceptors (Lipinski definition) is 3. The van der Waals surface area contributed by atoms with E-state index in [2.05, 4.69) is 12.2 Å². The maximum atomic E-state index is 13.7. The van der Waals surface area contributed by atoms with Gasteiger partial charge in [0.15, 0.2) is 0 Å². The third-order valence-corrected chi connectivity index (χ3v) is 5.11. The van der Waals surface area contributed by atoms with Crippen molar-refractivity contribution in [3.63, 3.8) is 0 Å². The second kappa shape index (κ2) is 9.83. The first kappa shape index (κ1) is 20.6. The maximum Gasteiger partial charge on any atom is 0.230 e. The SMILES string of the molecule is Cc1ccc(OC[C@@H](C)NC(=O)CSCc2ccc(Cl)cc2F)cc1C. The quantitative estimate of drug-likeness (QED) is 0.689. The number of hydrogen-bond donors (Lipinski definition) is 1. The molecule has 26 heavy (non-hydrogen) atoms. The van der Waals surface area contributed by atoms with Crippen LogP contribution in [0.15, 0.2) is 36.4 Å². The minimum absolute atomic E-state index is 0.0967. The lowest BCUT2D eigenvalue weighted by atomic mass is 10.1. The fourth-order valence-electron chi connectivity index (χ4n) is 2.28. The first-order valence-electron chi connectivity index (χ1n) is 8.36. The van der Waals surface area contributed by atoms with Gasteiger partial charge in [-0.2, -0.15) is 0 Å². The number of halogens is 2. The molecule has 1 N–H and O–H groups in total. The van der Waals surface area contributed by atoms with Gasteiger partial charge in [0.1, 0.15) is 18.2 Å². The van der Waals surface area contributed by atoms with Crippen molar-refractivity contribution < 1.29 is 13.9 Å². The molecule has 1 amide bonds. The van der Waals surface area contributed by atoms with E-state index in [4.69, 9.17) is 16.3 Å². The number of ether oxygens (including phenoxy) is 1. The van der Waals surface area contributed by atoms with Gasteiger partial charge in [-0.3, -0.25) is 4.79 Å². The van der Waals surface area contributed by atoms with Gasteiger partial charge in [-0.25, -0.2) is 4.39 Å². The molecule has 2 aromatic carbocycles. The largest absolute Gasteiger partial charge is 0.491 e. The average Bonchev–Trinajstić information content (AvgIpc) is 2.58. The second-order valence-corrected chi connectivity index (χ2v) is 7.68. The number of carbonyl (C=O) groups excluding carboxylic acids is 1. The van der Waals surface area contributed by atoms with Gasteiger partial charge in [0.05, 0.1) is 11.8 Å². The van der Waals surface area contributed by atoms with Crippen LogP contribution >= 0.6 is 23.4 Å². The van der Waals surface area contributed by atoms with Crippen LogP contribution in [0.2, 0.25) is 5.02 Å². The van der Waals surface area contributed by atoms with Gasteiger partial charge in [0, 0.05) is 10.8 Å². The summed E-state index contributed by atoms with van der Waals surface area (Å²) in [7, 11) is 0. The molecule has 2 aromatic rings. The molecule has 0 saturated heterocycles. The van der Waals surface area contributed by atoms with E-state index in [1.807, 2.05) is 32.0 Å². The molecule has 0 bridgehead atoms. The monoisotopic (exact) mass is 395 g/mol. The number of aryl methyl sites for hydroxylation is 2. The van der Waals surface area contributed by atoms with E-state index in [0.29, 0.717) is 22.9 Å². The Balaban J connectivity index is 1.70. The Labute approximate surface area is 163 Å². The fraction of sp³-hybridized carbons (Fsp3) is 0.350. The highest BCUT2D eigenvalue weighted by Crippen LogP contribution is 2.19. The van der Waals surface area contributed by atoms with Crippen molar-refractivity contribution >= 4 is 29.3 Å². The number of nitrogens with one attached hydrogen (secondary N) is 1. The molecule has 140 valence electrons. The zero-order valence-electron chi connectivity index (χ0n) is 15.1. The highest BCUT2D eigenvalue weighted by Gasteiger charge is 2.10. The summed E-state index contributed by atoms with van der Waals surface area (Å²) < 4.78 is 19.4. The third kappa shape index (κ3) is 6.54. The molecular formula is C20H23ClFNO2S. The lowest BCUT2D eigenvalue weighted by molar-refractivity contribution is -0.119. The van der Waals surface area contributed by atoms with Crippen molar-refractivity contribution in [2.75, 3.05) is 12.4 Å². The first-order chi connectivity index (χ1) is 12.3. The van der Waals surface area contributed by atoms with Gasteiger partial charge in [0.2, 0.25) is 5.91 Å². The molecule has 0 aliphatic heterocycles. The standard InChI is InChI=1S/C20H23ClFNO2S/c1-13-4-7-18(8-14(13)2)25-10-15(3)23-20(24)12-26-11-16-5-6-17(21)9-19(16)22/h4-9,15H,10-12H2,1-3H3,(H,23,24)/t15-/m1/s1. The molecule has 0 fully saturated rings. The Bertz CT molecular complexity index is 769. The van der Waals surface area contributed by atoms with Crippen molar-refractivity contribution in [1.29, 1.82) is 0 Å². The predicted molar refractivity (Wildman–Crippen MR) is 107 cm³/mol. The van der Waals surface area contributed by atoms with Crippen molar-refractivity contribution in [2.24, 2.45) is 0 Å². The first-order valence-corrected chi connectivity index (χ1v) is 9.89. The van der Waals surface area contributed by atoms with Crippen molar-refractivity contribution in [3.8, 4) is 5.75 Å². The van der Waals surface area contributed by atoms with Crippen molar-refractivity contribution in [1.82, 2.24) is 5.32 Å². The minimum atomic E-state index is -0.347. The smallest absolute Gasteiger partial charge is 0.230 e. The highest BCUT2D eigenvalue weighted by molar-refractivity contribution is 7.99. The lowest BCUT2D eigenvalue weighted by Crippen LogP contribution is -2.37. The summed E-state index contributed by atoms with van der Waals surface area (Å²) >= 11 is 7.08. The molecule has 0 saturated carbocycles. The van der Waals surface area contributed by atoms with E-state index in [9.17, 15) is 9.18 Å². The summed E-state index contributed by atoms with van der Waals surface area (Å²) in [4.78, 5) is 12.0. The third-order valence-electron chi connectivity index (χ3n) is 3.89. The molecule has 0 aliphatic carbocycles. The number of carbonyl (C=O) groups is 1. The molecule has 0 heterocycles. The molecular weight excluding hydrogens is 373 g/mol. The molecule has 6 heteroatoms. The van der Waals surface area contributed by atoms with Crippen molar-refractivity contribution in [3.05, 3.63) is 63.9 Å². The average molecular weight is 396 g/mol. The Morgan fingerprint density at radius 2 is 2.00 bits per heavy atom. The number of benzene rings is 2. The van der Waals surface area contributed by atoms with E-state index in [-0.39, 0.29) is 23.5 Å². The summed E-state index contributed by atoms with van der Waals surface area (Å²) in [6.45, 7) is 6.37. The van der Waals surface area contributed by atoms with E-state index in [1.165, 1.54) is 29.0 Å². The topological polar surface area (TPSA) is 38.3 Å². The van der Waals surface area contributed by atoms with Crippen LogP contribution in [0.5, 0.6) is 5.75 Å². The lowest BCUT2D eigenvalue weighted by Gasteiger charge is -2.15. The fourth-order valence-corrected chi connectivity index (χ4v) is 3.26. The van der Waals surface area contributed by atoms with Gasteiger partial charge in [-0.05, 0) is 61.7 Å². The molecule has 0 aromatic heterocycles. The zero-order valence-corrected chi connectivity index (χ0v) is 16.7. The highest BCUT2D eigenvalue weighted by atomic mass is 35.5. The van der Waals surface area contributed by atoms with Crippen LogP contribution in [-0.2, 0) is 10.5 Å². The predicted octanol–water partition coefficient (Wildman–Crippen LogP) is 4.91. The molecule has 2 rings (SSSR count). The molecule has 0 unspecified atom stereocenters. The van der Waals surface area contributed by atoms with Crippen LogP contribution in [0.1, 0.15) is 23.6 Å². The Kier molecular flexibility index (Phi) is 7.79. The van der Waals surface area contributed by atoms with Crippen LogP contribution in [0, 0.1) is 19.7 Å². The summed E-state index contributed by atoms with van der Waals surface area (Å²) in [5, 5.41) is 3.25. The Morgan fingerprint density at radius 3 is 2.69 bits per heavy atom. The van der Waals surface area contributed by atoms with Crippen LogP contribution < -0.4 is 10.1 Å². The molecule has 0 radical (unpaired) electrons. The number of rotatable bonds is 8. The minimum Gasteiger partial charge on any atom is -0.491 e. The summed E-state index contributed by atoms with van der Waals surface area (Å²) in [6, 6.07) is 10.4. The molecule has 0 aliphatic rings. The van der Waals surface area contributed by atoms with Crippen LogP contribution in [0.25, 0.3) is 0 Å². The van der Waals surface area contributed by atoms with Gasteiger partial charge in [-0.1, -0.05) is 23.7 Å². The maximum absolute atomic E-state index is 13.7. The van der Waals surface area contributed by atoms with E-state index in [1.54, 1.807) is 12.1 Å². The van der Waals surface area contributed by atoms with Crippen molar-refractivity contribution in [2.45, 2.75) is 32.6 Å². The molecule has 0 spiro atoms. The summed E-state index contributed by atoms with van der Waals surface area (Å²) in [5.41, 5.74) is 2.93. The van der Waals surface area contributed by atoms with Crippen LogP contribution in [0.4, 0.5) is 4.39 Å². The Morgan fingerprint density at radius 1 is 1.23 bits per heavy atom. The van der Waals surface area contributed by atoms with Gasteiger partial charge >= 0.3 is 0 Å². The van der Waals surface area contributed by atoms with Gasteiger partial charge in [-0.15, -0.1) is 11.8 Å². The Hall–Kier alpha value is -1.72. The van der Waals surface area contributed by atoms with E-state index < -0.39 is 0 Å². The van der Waals surface area contributed by atoms with E-state index in [0.717, 1.165) is 5.75 Å². The number of amides is 1.